The molecule has 0 atom stereocenters. The van der Waals surface area contributed by atoms with Crippen molar-refractivity contribution in [2.75, 3.05) is 36.7 Å². The van der Waals surface area contributed by atoms with Gasteiger partial charge < -0.3 is 10.6 Å². The summed E-state index contributed by atoms with van der Waals surface area (Å²) in [5.41, 5.74) is 2.92. The van der Waals surface area contributed by atoms with E-state index < -0.39 is 16.0 Å². The summed E-state index contributed by atoms with van der Waals surface area (Å²) >= 11 is 1.44. The van der Waals surface area contributed by atoms with Gasteiger partial charge >= 0.3 is 10.2 Å². The van der Waals surface area contributed by atoms with E-state index in [-0.39, 0.29) is 23.2 Å². The average Bonchev–Trinajstić information content (AvgIpc) is 3.45. The Kier molecular flexibility index (Phi) is 9.12. The van der Waals surface area contributed by atoms with Gasteiger partial charge in [0.05, 0.1) is 27.0 Å². The topological polar surface area (TPSA) is 112 Å². The van der Waals surface area contributed by atoms with Gasteiger partial charge in [-0.3, -0.25) is 4.72 Å². The van der Waals surface area contributed by atoms with Crippen LogP contribution in [0.5, 0.6) is 0 Å². The van der Waals surface area contributed by atoms with E-state index in [0.717, 1.165) is 40.9 Å². The molecule has 2 aromatic heterocycles. The Morgan fingerprint density at radius 3 is 2.47 bits per heavy atom. The molecule has 0 bridgehead atoms. The maximum Gasteiger partial charge on any atom is 0.301 e. The molecular weight excluding hydrogens is 586 g/mol. The summed E-state index contributed by atoms with van der Waals surface area (Å²) in [6.45, 7) is 10.2. The van der Waals surface area contributed by atoms with Crippen molar-refractivity contribution in [2.45, 2.75) is 51.9 Å². The summed E-state index contributed by atoms with van der Waals surface area (Å²) in [7, 11) is -2.48. The van der Waals surface area contributed by atoms with Crippen LogP contribution < -0.4 is 15.4 Å². The van der Waals surface area contributed by atoms with Crippen molar-refractivity contribution in [3.05, 3.63) is 71.1 Å². The molecule has 1 aliphatic rings. The van der Waals surface area contributed by atoms with Crippen molar-refractivity contribution in [1.29, 1.82) is 0 Å². The van der Waals surface area contributed by atoms with Crippen LogP contribution in [0.25, 0.3) is 21.8 Å². The van der Waals surface area contributed by atoms with Crippen LogP contribution in [0.4, 0.5) is 21.7 Å². The van der Waals surface area contributed by atoms with Gasteiger partial charge in [0.15, 0.2) is 5.82 Å². The summed E-state index contributed by atoms with van der Waals surface area (Å²) in [5, 5.41) is 7.51. The quantitative estimate of drug-likeness (QED) is 0.195. The number of piperidine rings is 1. The molecule has 1 fully saturated rings. The maximum atomic E-state index is 16.0. The predicted molar refractivity (Wildman–Crippen MR) is 173 cm³/mol. The number of benzene rings is 2. The predicted octanol–water partition coefficient (Wildman–Crippen LogP) is 6.52. The highest BCUT2D eigenvalue weighted by molar-refractivity contribution is 7.90. The Labute approximate surface area is 257 Å². The molecule has 3 heterocycles. The molecule has 0 radical (unpaired) electrons. The first-order valence-electron chi connectivity index (χ1n) is 14.4. The van der Waals surface area contributed by atoms with Crippen molar-refractivity contribution >= 4 is 38.9 Å². The van der Waals surface area contributed by atoms with Gasteiger partial charge in [0.25, 0.3) is 0 Å². The normalized spacial score (nSPS) is 14.7. The van der Waals surface area contributed by atoms with Gasteiger partial charge in [-0.15, -0.1) is 11.3 Å². The number of aromatic nitrogens is 3. The fraction of sp³-hybridized carbons (Fsp3) is 0.387. The monoisotopic (exact) mass is 623 g/mol. The van der Waals surface area contributed by atoms with Gasteiger partial charge in [-0.2, -0.15) is 12.7 Å². The van der Waals surface area contributed by atoms with Crippen LogP contribution in [-0.2, 0) is 15.6 Å². The number of hydrogen-bond acceptors (Lipinski definition) is 8. The Morgan fingerprint density at radius 2 is 1.79 bits per heavy atom. The number of rotatable bonds is 9. The molecule has 0 unspecified atom stereocenters. The third-order valence-corrected chi connectivity index (χ3v) is 10.5. The minimum absolute atomic E-state index is 0.146. The van der Waals surface area contributed by atoms with Crippen LogP contribution >= 0.6 is 11.3 Å². The van der Waals surface area contributed by atoms with Crippen molar-refractivity contribution < 1.29 is 12.8 Å². The van der Waals surface area contributed by atoms with Gasteiger partial charge in [0, 0.05) is 36.5 Å². The van der Waals surface area contributed by atoms with E-state index in [1.807, 2.05) is 32.9 Å². The number of halogens is 1. The Hall–Kier alpha value is -3.45. The van der Waals surface area contributed by atoms with Crippen LogP contribution in [0.2, 0.25) is 0 Å². The van der Waals surface area contributed by atoms with Crippen LogP contribution in [0.1, 0.15) is 57.0 Å². The van der Waals surface area contributed by atoms with E-state index in [2.05, 4.69) is 32.5 Å². The second-order valence-electron chi connectivity index (χ2n) is 11.7. The summed E-state index contributed by atoms with van der Waals surface area (Å²) in [5.74, 6) is 0.274. The molecule has 0 amide bonds. The zero-order chi connectivity index (χ0) is 30.8. The largest absolute Gasteiger partial charge is 0.324 e. The lowest BCUT2D eigenvalue weighted by Crippen LogP contribution is -2.32. The minimum Gasteiger partial charge on any atom is -0.324 e. The van der Waals surface area contributed by atoms with Gasteiger partial charge in [0.1, 0.15) is 0 Å². The Balaban J connectivity index is 1.48. The Bertz CT molecular complexity index is 1680. The lowest BCUT2D eigenvalue weighted by molar-refractivity contribution is 0.460. The highest BCUT2D eigenvalue weighted by atomic mass is 32.2. The molecule has 3 N–H and O–H groups in total. The van der Waals surface area contributed by atoms with Gasteiger partial charge in [-0.1, -0.05) is 45.9 Å². The lowest BCUT2D eigenvalue weighted by atomic mass is 9.90. The van der Waals surface area contributed by atoms with Crippen LogP contribution in [0.15, 0.2) is 54.7 Å². The molecule has 0 aliphatic carbocycles. The number of hydrogen-bond donors (Lipinski definition) is 3. The SMILES string of the molecule is CCN(C)S(=O)(=O)Nc1cccc(-c2nc(C(C)(C)C)sc2-c2ccnc(Nc3ccc(C4CCNCC4)cc3)n2)c1F. The second kappa shape index (κ2) is 12.7. The third-order valence-electron chi connectivity index (χ3n) is 7.48. The van der Waals surface area contributed by atoms with E-state index in [9.17, 15) is 8.42 Å². The number of anilines is 3. The summed E-state index contributed by atoms with van der Waals surface area (Å²) in [6, 6.07) is 14.8. The van der Waals surface area contributed by atoms with Crippen LogP contribution in [0, 0.1) is 5.82 Å². The molecule has 5 rings (SSSR count). The van der Waals surface area contributed by atoms with Gasteiger partial charge in [-0.05, 0) is 67.7 Å². The molecule has 0 spiro atoms. The number of thiazole rings is 1. The molecule has 9 nitrogen and oxygen atoms in total. The standard InChI is InChI=1S/C31H38FN7O2S2/c1-6-39(5)43(40,41)38-24-9-7-8-23(26(24)32)27-28(42-29(37-27)31(2,3)4)25-16-19-34-30(36-25)35-22-12-10-20(11-13-22)21-14-17-33-18-15-21/h7-13,16,19,21,33,38H,6,14-15,17-18H2,1-5H3,(H,34,35,36). The molecule has 1 saturated heterocycles. The lowest BCUT2D eigenvalue weighted by Gasteiger charge is -2.23. The van der Waals surface area contributed by atoms with Crippen molar-refractivity contribution in [1.82, 2.24) is 24.6 Å². The fourth-order valence-electron chi connectivity index (χ4n) is 4.85. The first kappa shape index (κ1) is 31.0. The first-order chi connectivity index (χ1) is 20.5. The van der Waals surface area contributed by atoms with E-state index in [1.54, 1.807) is 31.3 Å². The Morgan fingerprint density at radius 1 is 1.07 bits per heavy atom. The van der Waals surface area contributed by atoms with Gasteiger partial charge in [0.2, 0.25) is 5.95 Å². The summed E-state index contributed by atoms with van der Waals surface area (Å²) in [6.07, 6.45) is 3.93. The van der Waals surface area contributed by atoms with Gasteiger partial charge in [-0.25, -0.2) is 19.3 Å². The summed E-state index contributed by atoms with van der Waals surface area (Å²) < 4.78 is 44.7. The minimum atomic E-state index is -3.92. The molecular formula is C31H38FN7O2S2. The maximum absolute atomic E-state index is 16.0. The molecule has 4 aromatic rings. The van der Waals surface area contributed by atoms with E-state index in [0.29, 0.717) is 28.1 Å². The smallest absolute Gasteiger partial charge is 0.301 e. The molecule has 1 aliphatic heterocycles. The zero-order valence-electron chi connectivity index (χ0n) is 25.1. The fourth-order valence-corrected chi connectivity index (χ4v) is 6.88. The number of nitrogens with one attached hydrogen (secondary N) is 3. The zero-order valence-corrected chi connectivity index (χ0v) is 26.7. The molecule has 2 aromatic carbocycles. The average molecular weight is 624 g/mol. The number of nitrogens with zero attached hydrogens (tertiary/aromatic N) is 4. The summed E-state index contributed by atoms with van der Waals surface area (Å²) in [4.78, 5) is 14.7. The third kappa shape index (κ3) is 7.04. The van der Waals surface area contributed by atoms with Crippen LogP contribution in [-0.4, -0.2) is 54.4 Å². The molecule has 0 saturated carbocycles. The van der Waals surface area contributed by atoms with Crippen LogP contribution in [0.3, 0.4) is 0 Å². The highest BCUT2D eigenvalue weighted by Crippen LogP contribution is 2.42. The van der Waals surface area contributed by atoms with E-state index >= 15 is 4.39 Å². The highest BCUT2D eigenvalue weighted by Gasteiger charge is 2.27. The molecule has 228 valence electrons. The molecule has 12 heteroatoms. The van der Waals surface area contributed by atoms with Crippen molar-refractivity contribution in [3.63, 3.8) is 0 Å². The molecule has 43 heavy (non-hydrogen) atoms. The van der Waals surface area contributed by atoms with Crippen molar-refractivity contribution in [2.24, 2.45) is 0 Å². The first-order valence-corrected chi connectivity index (χ1v) is 16.7. The van der Waals surface area contributed by atoms with E-state index in [4.69, 9.17) is 9.97 Å². The second-order valence-corrected chi connectivity index (χ2v) is 14.4. The van der Waals surface area contributed by atoms with Crippen molar-refractivity contribution in [3.8, 4) is 21.8 Å². The van der Waals surface area contributed by atoms with E-state index in [1.165, 1.54) is 30.0 Å².